The van der Waals surface area contributed by atoms with Crippen LogP contribution in [0.15, 0.2) is 18.2 Å². The van der Waals surface area contributed by atoms with Crippen molar-refractivity contribution in [3.63, 3.8) is 0 Å². The lowest BCUT2D eigenvalue weighted by atomic mass is 10.1. The highest BCUT2D eigenvalue weighted by molar-refractivity contribution is 7.98. The highest BCUT2D eigenvalue weighted by atomic mass is 32.2. The summed E-state index contributed by atoms with van der Waals surface area (Å²) in [4.78, 5) is 0. The summed E-state index contributed by atoms with van der Waals surface area (Å²) in [6.45, 7) is 4.29. The topological polar surface area (TPSA) is 23.8 Å². The molecule has 1 aromatic rings. The van der Waals surface area contributed by atoms with Gasteiger partial charge in [-0.2, -0.15) is 17.0 Å². The molecular formula is C12H14FNS. The van der Waals surface area contributed by atoms with E-state index in [0.29, 0.717) is 17.2 Å². The summed E-state index contributed by atoms with van der Waals surface area (Å²) < 4.78 is 13.0. The molecule has 1 nitrogen and oxygen atoms in total. The quantitative estimate of drug-likeness (QED) is 0.779. The molecular weight excluding hydrogens is 209 g/mol. The van der Waals surface area contributed by atoms with Crippen LogP contribution in [0.3, 0.4) is 0 Å². The van der Waals surface area contributed by atoms with E-state index in [1.54, 1.807) is 17.8 Å². The first-order chi connectivity index (χ1) is 7.13. The van der Waals surface area contributed by atoms with E-state index in [9.17, 15) is 4.39 Å². The van der Waals surface area contributed by atoms with Crippen LogP contribution in [0.4, 0.5) is 4.39 Å². The van der Waals surface area contributed by atoms with Crippen molar-refractivity contribution in [1.82, 2.24) is 0 Å². The maximum Gasteiger partial charge on any atom is 0.123 e. The normalized spacial score (nSPS) is 10.3. The molecule has 0 bridgehead atoms. The SMILES string of the molecule is CC(C)CSCc1cc(F)ccc1C#N. The van der Waals surface area contributed by atoms with Gasteiger partial charge in [0.25, 0.3) is 0 Å². The zero-order valence-electron chi connectivity index (χ0n) is 8.96. The molecule has 0 N–H and O–H groups in total. The van der Waals surface area contributed by atoms with Crippen molar-refractivity contribution in [3.8, 4) is 6.07 Å². The van der Waals surface area contributed by atoms with Gasteiger partial charge in [-0.15, -0.1) is 0 Å². The van der Waals surface area contributed by atoms with E-state index in [1.807, 2.05) is 0 Å². The van der Waals surface area contributed by atoms with Crippen molar-refractivity contribution in [3.05, 3.63) is 35.1 Å². The van der Waals surface area contributed by atoms with Gasteiger partial charge in [-0.05, 0) is 35.4 Å². The first-order valence-electron chi connectivity index (χ1n) is 4.89. The molecule has 0 unspecified atom stereocenters. The maximum atomic E-state index is 13.0. The second-order valence-electron chi connectivity index (χ2n) is 3.82. The smallest absolute Gasteiger partial charge is 0.123 e. The Morgan fingerprint density at radius 2 is 2.20 bits per heavy atom. The van der Waals surface area contributed by atoms with Crippen LogP contribution in [0.25, 0.3) is 0 Å². The van der Waals surface area contributed by atoms with Crippen LogP contribution in [0.5, 0.6) is 0 Å². The number of nitrogens with zero attached hydrogens (tertiary/aromatic N) is 1. The number of halogens is 1. The Labute approximate surface area is 94.3 Å². The molecule has 0 fully saturated rings. The fourth-order valence-corrected chi connectivity index (χ4v) is 2.24. The van der Waals surface area contributed by atoms with Crippen LogP contribution in [0.2, 0.25) is 0 Å². The van der Waals surface area contributed by atoms with E-state index in [4.69, 9.17) is 5.26 Å². The zero-order valence-corrected chi connectivity index (χ0v) is 9.77. The van der Waals surface area contributed by atoms with Crippen LogP contribution in [-0.4, -0.2) is 5.75 Å². The predicted molar refractivity (Wildman–Crippen MR) is 62.1 cm³/mol. The van der Waals surface area contributed by atoms with E-state index in [1.165, 1.54) is 12.1 Å². The van der Waals surface area contributed by atoms with Crippen LogP contribution < -0.4 is 0 Å². The number of rotatable bonds is 4. The minimum absolute atomic E-state index is 0.269. The standard InChI is InChI=1S/C12H14FNS/c1-9(2)7-15-8-11-5-12(13)4-3-10(11)6-14/h3-5,9H,7-8H2,1-2H3. The molecule has 0 radical (unpaired) electrons. The van der Waals surface area contributed by atoms with Gasteiger partial charge in [0.1, 0.15) is 5.82 Å². The van der Waals surface area contributed by atoms with Crippen molar-refractivity contribution in [2.75, 3.05) is 5.75 Å². The van der Waals surface area contributed by atoms with Crippen LogP contribution in [0.1, 0.15) is 25.0 Å². The van der Waals surface area contributed by atoms with Crippen LogP contribution >= 0.6 is 11.8 Å². The van der Waals surface area contributed by atoms with Gasteiger partial charge in [0.15, 0.2) is 0 Å². The van der Waals surface area contributed by atoms with Gasteiger partial charge in [-0.25, -0.2) is 4.39 Å². The van der Waals surface area contributed by atoms with Crippen molar-refractivity contribution >= 4 is 11.8 Å². The highest BCUT2D eigenvalue weighted by Crippen LogP contribution is 2.19. The molecule has 80 valence electrons. The average Bonchev–Trinajstić information content (AvgIpc) is 2.17. The average molecular weight is 223 g/mol. The highest BCUT2D eigenvalue weighted by Gasteiger charge is 2.04. The van der Waals surface area contributed by atoms with E-state index >= 15 is 0 Å². The molecule has 1 rings (SSSR count). The molecule has 0 aliphatic carbocycles. The Morgan fingerprint density at radius 3 is 2.80 bits per heavy atom. The summed E-state index contributed by atoms with van der Waals surface area (Å²) in [6, 6.07) is 6.40. The lowest BCUT2D eigenvalue weighted by Crippen LogP contribution is -1.94. The monoisotopic (exact) mass is 223 g/mol. The van der Waals surface area contributed by atoms with E-state index in [2.05, 4.69) is 19.9 Å². The predicted octanol–water partition coefficient (Wildman–Crippen LogP) is 3.59. The van der Waals surface area contributed by atoms with Gasteiger partial charge in [0.2, 0.25) is 0 Å². The van der Waals surface area contributed by atoms with Crippen LogP contribution in [-0.2, 0) is 5.75 Å². The van der Waals surface area contributed by atoms with Crippen molar-refractivity contribution in [2.45, 2.75) is 19.6 Å². The largest absolute Gasteiger partial charge is 0.207 e. The molecule has 0 heterocycles. The molecule has 0 amide bonds. The third-order valence-corrected chi connectivity index (χ3v) is 3.31. The summed E-state index contributed by atoms with van der Waals surface area (Å²) in [6.07, 6.45) is 0. The molecule has 1 aromatic carbocycles. The summed E-state index contributed by atoms with van der Waals surface area (Å²) in [7, 11) is 0. The molecule has 0 aliphatic heterocycles. The molecule has 0 saturated carbocycles. The van der Waals surface area contributed by atoms with Gasteiger partial charge in [0, 0.05) is 5.75 Å². The third-order valence-electron chi connectivity index (χ3n) is 1.90. The number of benzene rings is 1. The Balaban J connectivity index is 2.67. The first kappa shape index (κ1) is 12.1. The fourth-order valence-electron chi connectivity index (χ4n) is 1.20. The van der Waals surface area contributed by atoms with Gasteiger partial charge in [0.05, 0.1) is 11.6 Å². The number of hydrogen-bond donors (Lipinski definition) is 0. The lowest BCUT2D eigenvalue weighted by Gasteiger charge is -2.06. The van der Waals surface area contributed by atoms with Gasteiger partial charge < -0.3 is 0 Å². The second kappa shape index (κ2) is 5.77. The molecule has 0 spiro atoms. The molecule has 3 heteroatoms. The second-order valence-corrected chi connectivity index (χ2v) is 4.85. The van der Waals surface area contributed by atoms with E-state index in [-0.39, 0.29) is 5.82 Å². The molecule has 0 aliphatic rings. The molecule has 15 heavy (non-hydrogen) atoms. The summed E-state index contributed by atoms with van der Waals surface area (Å²) in [5.74, 6) is 2.09. The van der Waals surface area contributed by atoms with Crippen molar-refractivity contribution < 1.29 is 4.39 Å². The zero-order chi connectivity index (χ0) is 11.3. The van der Waals surface area contributed by atoms with Gasteiger partial charge in [-0.1, -0.05) is 13.8 Å². The lowest BCUT2D eigenvalue weighted by molar-refractivity contribution is 0.626. The Kier molecular flexibility index (Phi) is 4.64. The summed E-state index contributed by atoms with van der Waals surface area (Å²) in [5.41, 5.74) is 1.37. The number of thioether (sulfide) groups is 1. The molecule has 0 saturated heterocycles. The number of nitriles is 1. The minimum Gasteiger partial charge on any atom is -0.207 e. The molecule has 0 aromatic heterocycles. The molecule has 0 atom stereocenters. The fraction of sp³-hybridized carbons (Fsp3) is 0.417. The van der Waals surface area contributed by atoms with Crippen LogP contribution in [0, 0.1) is 23.1 Å². The van der Waals surface area contributed by atoms with Crippen molar-refractivity contribution in [1.29, 1.82) is 5.26 Å². The van der Waals surface area contributed by atoms with E-state index in [0.717, 1.165) is 11.3 Å². The van der Waals surface area contributed by atoms with Gasteiger partial charge in [-0.3, -0.25) is 0 Å². The summed E-state index contributed by atoms with van der Waals surface area (Å²) in [5, 5.41) is 8.84. The van der Waals surface area contributed by atoms with Crippen molar-refractivity contribution in [2.24, 2.45) is 5.92 Å². The van der Waals surface area contributed by atoms with Gasteiger partial charge >= 0.3 is 0 Å². The van der Waals surface area contributed by atoms with E-state index < -0.39 is 0 Å². The third kappa shape index (κ3) is 3.93. The first-order valence-corrected chi connectivity index (χ1v) is 6.05. The minimum atomic E-state index is -0.269. The Hall–Kier alpha value is -1.01. The summed E-state index contributed by atoms with van der Waals surface area (Å²) >= 11 is 1.73. The Morgan fingerprint density at radius 1 is 1.47 bits per heavy atom. The maximum absolute atomic E-state index is 13.0. The Bertz CT molecular complexity index is 368. The number of hydrogen-bond acceptors (Lipinski definition) is 2.